The second-order valence-corrected chi connectivity index (χ2v) is 3.97. The molecule has 0 atom stereocenters. The zero-order chi connectivity index (χ0) is 13.9. The van der Waals surface area contributed by atoms with E-state index in [1.54, 1.807) is 6.92 Å². The van der Waals surface area contributed by atoms with Gasteiger partial charge in [-0.05, 0) is 25.1 Å². The van der Waals surface area contributed by atoms with Crippen LogP contribution in [0.2, 0.25) is 0 Å². The zero-order valence-corrected chi connectivity index (χ0v) is 11.2. The fourth-order valence-corrected chi connectivity index (χ4v) is 1.24. The van der Waals surface area contributed by atoms with Crippen molar-refractivity contribution in [2.24, 2.45) is 0 Å². The van der Waals surface area contributed by atoms with Crippen molar-refractivity contribution < 1.29 is 19.0 Å². The molecule has 0 unspecified atom stereocenters. The molecule has 0 aliphatic heterocycles. The number of hydrogen-bond donors (Lipinski definition) is 0. The Labute approximate surface area is 114 Å². The van der Waals surface area contributed by atoms with Gasteiger partial charge in [-0.1, -0.05) is 18.7 Å². The Kier molecular flexibility index (Phi) is 7.35. The lowest BCUT2D eigenvalue weighted by Crippen LogP contribution is -2.12. The molecule has 1 radical (unpaired) electrons. The molecule has 0 aliphatic rings. The Morgan fingerprint density at radius 3 is 2.63 bits per heavy atom. The molecule has 1 rings (SSSR count). The molecule has 0 heterocycles. The third kappa shape index (κ3) is 7.26. The first-order valence-electron chi connectivity index (χ1n) is 6.19. The van der Waals surface area contributed by atoms with Crippen LogP contribution < -0.4 is 4.74 Å². The lowest BCUT2D eigenvalue weighted by atomic mass is 10.3. The molecule has 0 spiro atoms. The monoisotopic (exact) mass is 263 g/mol. The van der Waals surface area contributed by atoms with E-state index in [0.29, 0.717) is 25.4 Å². The molecule has 0 N–H and O–H groups in total. The standard InChI is InChI=1S/C15H19O4/c1-13(2)15(16)19-12-11-17-9-6-10-18-14-7-4-3-5-8-14/h4-5,7-8H,1,6,9-12H2,2H3. The zero-order valence-electron chi connectivity index (χ0n) is 11.2. The van der Waals surface area contributed by atoms with Gasteiger partial charge in [0.25, 0.3) is 0 Å². The van der Waals surface area contributed by atoms with E-state index in [1.807, 2.05) is 24.3 Å². The minimum Gasteiger partial charge on any atom is -0.494 e. The second-order valence-electron chi connectivity index (χ2n) is 3.97. The maximum atomic E-state index is 11.0. The van der Waals surface area contributed by atoms with Crippen molar-refractivity contribution in [2.45, 2.75) is 13.3 Å². The fourth-order valence-electron chi connectivity index (χ4n) is 1.24. The van der Waals surface area contributed by atoms with Gasteiger partial charge in [0.1, 0.15) is 12.4 Å². The van der Waals surface area contributed by atoms with E-state index >= 15 is 0 Å². The van der Waals surface area contributed by atoms with Crippen molar-refractivity contribution in [2.75, 3.05) is 26.4 Å². The topological polar surface area (TPSA) is 44.8 Å². The van der Waals surface area contributed by atoms with Crippen LogP contribution in [-0.4, -0.2) is 32.4 Å². The molecule has 1 aromatic rings. The van der Waals surface area contributed by atoms with Crippen molar-refractivity contribution in [3.05, 3.63) is 42.5 Å². The van der Waals surface area contributed by atoms with Crippen LogP contribution >= 0.6 is 0 Å². The molecule has 0 aliphatic carbocycles. The molecule has 0 saturated carbocycles. The molecular formula is C15H19O4. The van der Waals surface area contributed by atoms with Crippen LogP contribution in [0.5, 0.6) is 5.75 Å². The molecule has 4 nitrogen and oxygen atoms in total. The summed E-state index contributed by atoms with van der Waals surface area (Å²) in [5.41, 5.74) is 0.397. The lowest BCUT2D eigenvalue weighted by Gasteiger charge is -2.07. The van der Waals surface area contributed by atoms with Crippen LogP contribution in [-0.2, 0) is 14.3 Å². The Hall–Kier alpha value is -1.81. The van der Waals surface area contributed by atoms with Crippen molar-refractivity contribution in [3.8, 4) is 5.75 Å². The molecule has 19 heavy (non-hydrogen) atoms. The summed E-state index contributed by atoms with van der Waals surface area (Å²) < 4.78 is 15.7. The average molecular weight is 263 g/mol. The van der Waals surface area contributed by atoms with Crippen molar-refractivity contribution in [1.82, 2.24) is 0 Å². The number of ether oxygens (including phenoxy) is 3. The minimum atomic E-state index is -0.382. The summed E-state index contributed by atoms with van der Waals surface area (Å²) in [4.78, 5) is 11.0. The first-order valence-corrected chi connectivity index (χ1v) is 6.19. The number of benzene rings is 1. The van der Waals surface area contributed by atoms with Gasteiger partial charge in [0, 0.05) is 18.6 Å². The highest BCUT2D eigenvalue weighted by Crippen LogP contribution is 2.07. The first kappa shape index (κ1) is 15.2. The quantitative estimate of drug-likeness (QED) is 0.390. The summed E-state index contributed by atoms with van der Waals surface area (Å²) in [6, 6.07) is 10.3. The van der Waals surface area contributed by atoms with Gasteiger partial charge in [0.15, 0.2) is 0 Å². The van der Waals surface area contributed by atoms with E-state index in [1.165, 1.54) is 0 Å². The molecule has 4 heteroatoms. The molecule has 0 aromatic heterocycles. The van der Waals surface area contributed by atoms with E-state index in [9.17, 15) is 4.79 Å². The molecule has 0 bridgehead atoms. The van der Waals surface area contributed by atoms with E-state index in [-0.39, 0.29) is 12.6 Å². The van der Waals surface area contributed by atoms with Crippen LogP contribution in [0, 0.1) is 6.07 Å². The van der Waals surface area contributed by atoms with Gasteiger partial charge in [-0.3, -0.25) is 0 Å². The predicted molar refractivity (Wildman–Crippen MR) is 72.0 cm³/mol. The summed E-state index contributed by atoms with van der Waals surface area (Å²) in [6.07, 6.45) is 0.785. The SMILES string of the molecule is C=C(C)C(=O)OCCOCCCOc1cc[c]cc1. The van der Waals surface area contributed by atoms with Gasteiger partial charge in [-0.25, -0.2) is 4.79 Å². The fraction of sp³-hybridized carbons (Fsp3) is 0.400. The Bertz CT molecular complexity index is 386. The average Bonchev–Trinajstić information content (AvgIpc) is 2.42. The van der Waals surface area contributed by atoms with Crippen molar-refractivity contribution >= 4 is 5.97 Å². The largest absolute Gasteiger partial charge is 0.494 e. The molecule has 103 valence electrons. The van der Waals surface area contributed by atoms with E-state index in [4.69, 9.17) is 14.2 Å². The van der Waals surface area contributed by atoms with Crippen LogP contribution in [0.1, 0.15) is 13.3 Å². The Balaban J connectivity index is 1.92. The van der Waals surface area contributed by atoms with E-state index in [0.717, 1.165) is 12.2 Å². The number of esters is 1. The highest BCUT2D eigenvalue weighted by atomic mass is 16.6. The number of hydrogen-bond acceptors (Lipinski definition) is 4. The third-order valence-corrected chi connectivity index (χ3v) is 2.20. The van der Waals surface area contributed by atoms with Crippen LogP contribution in [0.3, 0.4) is 0 Å². The Morgan fingerprint density at radius 1 is 1.21 bits per heavy atom. The number of rotatable bonds is 9. The van der Waals surface area contributed by atoms with Crippen LogP contribution in [0.4, 0.5) is 0 Å². The van der Waals surface area contributed by atoms with Crippen molar-refractivity contribution in [1.29, 1.82) is 0 Å². The maximum absolute atomic E-state index is 11.0. The van der Waals surface area contributed by atoms with Gasteiger partial charge in [-0.2, -0.15) is 0 Å². The maximum Gasteiger partial charge on any atom is 0.333 e. The van der Waals surface area contributed by atoms with Crippen LogP contribution in [0.15, 0.2) is 36.4 Å². The smallest absolute Gasteiger partial charge is 0.333 e. The minimum absolute atomic E-state index is 0.251. The molecule has 0 saturated heterocycles. The normalized spacial score (nSPS) is 9.95. The summed E-state index contributed by atoms with van der Waals surface area (Å²) in [7, 11) is 0. The summed E-state index contributed by atoms with van der Waals surface area (Å²) in [5, 5.41) is 0. The summed E-state index contributed by atoms with van der Waals surface area (Å²) in [6.45, 7) is 6.91. The highest BCUT2D eigenvalue weighted by Gasteiger charge is 2.01. The lowest BCUT2D eigenvalue weighted by molar-refractivity contribution is -0.140. The van der Waals surface area contributed by atoms with E-state index in [2.05, 4.69) is 12.6 Å². The molecule has 1 aromatic carbocycles. The molecule has 0 amide bonds. The molecule has 0 fully saturated rings. The van der Waals surface area contributed by atoms with E-state index < -0.39 is 0 Å². The number of carbonyl (C=O) groups is 1. The predicted octanol–water partition coefficient (Wildman–Crippen LogP) is 2.39. The third-order valence-electron chi connectivity index (χ3n) is 2.20. The second kappa shape index (κ2) is 9.16. The van der Waals surface area contributed by atoms with Gasteiger partial charge in [-0.15, -0.1) is 0 Å². The van der Waals surface area contributed by atoms with Crippen LogP contribution in [0.25, 0.3) is 0 Å². The first-order chi connectivity index (χ1) is 9.20. The highest BCUT2D eigenvalue weighted by molar-refractivity contribution is 5.86. The molecular weight excluding hydrogens is 244 g/mol. The summed E-state index contributed by atoms with van der Waals surface area (Å²) >= 11 is 0. The van der Waals surface area contributed by atoms with Gasteiger partial charge < -0.3 is 14.2 Å². The van der Waals surface area contributed by atoms with Gasteiger partial charge >= 0.3 is 5.97 Å². The van der Waals surface area contributed by atoms with Gasteiger partial charge in [0.05, 0.1) is 13.2 Å². The number of carbonyl (C=O) groups excluding carboxylic acids is 1. The van der Waals surface area contributed by atoms with Crippen molar-refractivity contribution in [3.63, 3.8) is 0 Å². The van der Waals surface area contributed by atoms with Gasteiger partial charge in [0.2, 0.25) is 0 Å². The summed E-state index contributed by atoms with van der Waals surface area (Å²) in [5.74, 6) is 0.446. The Morgan fingerprint density at radius 2 is 1.95 bits per heavy atom.